The van der Waals surface area contributed by atoms with E-state index >= 15 is 0 Å². The molecule has 2 unspecified atom stereocenters. The Kier molecular flexibility index (Phi) is 4.71. The summed E-state index contributed by atoms with van der Waals surface area (Å²) >= 11 is 11.8. The van der Waals surface area contributed by atoms with Crippen LogP contribution in [0.15, 0.2) is 18.2 Å². The van der Waals surface area contributed by atoms with Gasteiger partial charge < -0.3 is 10.0 Å². The van der Waals surface area contributed by atoms with Crippen molar-refractivity contribution < 1.29 is 9.90 Å². The molecule has 2 atom stereocenters. The van der Waals surface area contributed by atoms with Crippen molar-refractivity contribution in [3.8, 4) is 0 Å². The van der Waals surface area contributed by atoms with Gasteiger partial charge in [0.05, 0.1) is 22.6 Å². The van der Waals surface area contributed by atoms with Crippen LogP contribution in [0.2, 0.25) is 10.0 Å². The minimum absolute atomic E-state index is 0.0179. The Bertz CT molecular complexity index is 479. The summed E-state index contributed by atoms with van der Waals surface area (Å²) in [6.45, 7) is 3.13. The number of benzene rings is 1. The third-order valence-corrected chi connectivity index (χ3v) is 4.35. The van der Waals surface area contributed by atoms with E-state index in [9.17, 15) is 9.90 Å². The third kappa shape index (κ3) is 3.62. The molecule has 1 aliphatic heterocycles. The van der Waals surface area contributed by atoms with Gasteiger partial charge in [0.1, 0.15) is 0 Å². The molecule has 1 aliphatic rings. The summed E-state index contributed by atoms with van der Waals surface area (Å²) in [6.07, 6.45) is 0.707. The fourth-order valence-electron chi connectivity index (χ4n) is 2.21. The van der Waals surface area contributed by atoms with Gasteiger partial charge in [-0.1, -0.05) is 36.2 Å². The zero-order valence-corrected chi connectivity index (χ0v) is 12.3. The summed E-state index contributed by atoms with van der Waals surface area (Å²) in [5.41, 5.74) is 0.840. The zero-order valence-electron chi connectivity index (χ0n) is 10.8. The van der Waals surface area contributed by atoms with Crippen LogP contribution in [0, 0.1) is 5.92 Å². The number of piperidine rings is 1. The Morgan fingerprint density at radius 3 is 2.79 bits per heavy atom. The minimum atomic E-state index is -0.425. The first kappa shape index (κ1) is 14.6. The zero-order chi connectivity index (χ0) is 14.0. The normalized spacial score (nSPS) is 23.5. The van der Waals surface area contributed by atoms with Crippen molar-refractivity contribution in [2.24, 2.45) is 5.92 Å². The van der Waals surface area contributed by atoms with E-state index in [4.69, 9.17) is 23.2 Å². The number of β-amino-alcohol motifs (C(OH)–C–C–N with tert-alkyl or cyclic N) is 1. The van der Waals surface area contributed by atoms with Gasteiger partial charge in [-0.2, -0.15) is 0 Å². The van der Waals surface area contributed by atoms with Crippen LogP contribution < -0.4 is 0 Å². The Morgan fingerprint density at radius 1 is 1.42 bits per heavy atom. The fourth-order valence-corrected chi connectivity index (χ4v) is 2.53. The van der Waals surface area contributed by atoms with E-state index < -0.39 is 6.10 Å². The molecule has 1 aromatic rings. The topological polar surface area (TPSA) is 40.5 Å². The van der Waals surface area contributed by atoms with Crippen LogP contribution in [-0.2, 0) is 11.2 Å². The number of aliphatic hydroxyl groups excluding tert-OH is 1. The van der Waals surface area contributed by atoms with Crippen LogP contribution in [-0.4, -0.2) is 35.1 Å². The molecule has 0 bridgehead atoms. The number of likely N-dealkylation sites (tertiary alicyclic amines) is 1. The van der Waals surface area contributed by atoms with Gasteiger partial charge in [-0.25, -0.2) is 0 Å². The van der Waals surface area contributed by atoms with Gasteiger partial charge in [0.2, 0.25) is 5.91 Å². The summed E-state index contributed by atoms with van der Waals surface area (Å²) < 4.78 is 0. The molecule has 1 heterocycles. The number of rotatable bonds is 2. The van der Waals surface area contributed by atoms with Gasteiger partial charge in [-0.15, -0.1) is 0 Å². The smallest absolute Gasteiger partial charge is 0.227 e. The minimum Gasteiger partial charge on any atom is -0.391 e. The molecule has 0 aliphatic carbocycles. The molecule has 1 fully saturated rings. The first-order valence-corrected chi connectivity index (χ1v) is 7.12. The monoisotopic (exact) mass is 301 g/mol. The maximum absolute atomic E-state index is 12.2. The van der Waals surface area contributed by atoms with Crippen molar-refractivity contribution >= 4 is 29.1 Å². The van der Waals surface area contributed by atoms with Gasteiger partial charge in [-0.05, 0) is 30.0 Å². The second-order valence-corrected chi connectivity index (χ2v) is 5.91. The third-order valence-electron chi connectivity index (χ3n) is 3.61. The lowest BCUT2D eigenvalue weighted by atomic mass is 9.95. The van der Waals surface area contributed by atoms with E-state index in [1.165, 1.54) is 0 Å². The molecule has 1 saturated heterocycles. The summed E-state index contributed by atoms with van der Waals surface area (Å²) in [7, 11) is 0. The number of carbonyl (C=O) groups excluding carboxylic acids is 1. The largest absolute Gasteiger partial charge is 0.391 e. The first-order chi connectivity index (χ1) is 8.97. The molecule has 1 aromatic carbocycles. The molecule has 0 saturated carbocycles. The number of hydrogen-bond donors (Lipinski definition) is 1. The fraction of sp³-hybridized carbons (Fsp3) is 0.500. The Morgan fingerprint density at radius 2 is 2.16 bits per heavy atom. The first-order valence-electron chi connectivity index (χ1n) is 6.37. The van der Waals surface area contributed by atoms with Crippen molar-refractivity contribution in [2.75, 3.05) is 13.1 Å². The standard InChI is InChI=1S/C14H17Cl2NO2/c1-9-4-5-17(8-13(9)18)14(19)7-10-2-3-11(15)12(16)6-10/h2-3,6,9,13,18H,4-5,7-8H2,1H3. The number of amides is 1. The number of halogens is 2. The van der Waals surface area contributed by atoms with Crippen molar-refractivity contribution in [3.63, 3.8) is 0 Å². The highest BCUT2D eigenvalue weighted by atomic mass is 35.5. The molecule has 3 nitrogen and oxygen atoms in total. The molecule has 19 heavy (non-hydrogen) atoms. The van der Waals surface area contributed by atoms with Gasteiger partial charge in [-0.3, -0.25) is 4.79 Å². The molecule has 104 valence electrons. The lowest BCUT2D eigenvalue weighted by molar-refractivity contribution is -0.134. The van der Waals surface area contributed by atoms with Gasteiger partial charge in [0.25, 0.3) is 0 Å². The Hall–Kier alpha value is -0.770. The lowest BCUT2D eigenvalue weighted by Crippen LogP contribution is -2.46. The quantitative estimate of drug-likeness (QED) is 0.912. The van der Waals surface area contributed by atoms with Crippen LogP contribution in [0.4, 0.5) is 0 Å². The van der Waals surface area contributed by atoms with Gasteiger partial charge >= 0.3 is 0 Å². The Labute approximate surface area is 123 Å². The number of nitrogens with zero attached hydrogens (tertiary/aromatic N) is 1. The average Bonchev–Trinajstić information content (AvgIpc) is 2.37. The summed E-state index contributed by atoms with van der Waals surface area (Å²) in [5.74, 6) is 0.276. The maximum Gasteiger partial charge on any atom is 0.227 e. The second-order valence-electron chi connectivity index (χ2n) is 5.10. The highest BCUT2D eigenvalue weighted by Gasteiger charge is 2.27. The highest BCUT2D eigenvalue weighted by molar-refractivity contribution is 6.42. The number of carbonyl (C=O) groups is 1. The van der Waals surface area contributed by atoms with E-state index in [1.54, 1.807) is 23.1 Å². The molecule has 0 aromatic heterocycles. The van der Waals surface area contributed by atoms with Crippen molar-refractivity contribution in [2.45, 2.75) is 25.9 Å². The molecular formula is C14H17Cl2NO2. The summed E-state index contributed by atoms with van der Waals surface area (Å²) in [6, 6.07) is 5.21. The SMILES string of the molecule is CC1CCN(C(=O)Cc2ccc(Cl)c(Cl)c2)CC1O. The van der Waals surface area contributed by atoms with Crippen molar-refractivity contribution in [3.05, 3.63) is 33.8 Å². The molecule has 2 rings (SSSR count). The van der Waals surface area contributed by atoms with E-state index in [2.05, 4.69) is 0 Å². The summed E-state index contributed by atoms with van der Waals surface area (Å²) in [5, 5.41) is 10.8. The molecule has 1 amide bonds. The van der Waals surface area contributed by atoms with Crippen LogP contribution in [0.3, 0.4) is 0 Å². The predicted octanol–water partition coefficient (Wildman–Crippen LogP) is 2.77. The molecule has 1 N–H and O–H groups in total. The molecule has 0 radical (unpaired) electrons. The highest BCUT2D eigenvalue weighted by Crippen LogP contribution is 2.23. The van der Waals surface area contributed by atoms with Gasteiger partial charge in [0, 0.05) is 13.1 Å². The van der Waals surface area contributed by atoms with Crippen LogP contribution in [0.25, 0.3) is 0 Å². The van der Waals surface area contributed by atoms with Crippen molar-refractivity contribution in [1.82, 2.24) is 4.90 Å². The Balaban J connectivity index is 1.99. The van der Waals surface area contributed by atoms with E-state index in [-0.39, 0.29) is 18.2 Å². The maximum atomic E-state index is 12.2. The average molecular weight is 302 g/mol. The van der Waals surface area contributed by atoms with E-state index in [0.29, 0.717) is 23.1 Å². The lowest BCUT2D eigenvalue weighted by Gasteiger charge is -2.34. The van der Waals surface area contributed by atoms with Crippen molar-refractivity contribution in [1.29, 1.82) is 0 Å². The van der Waals surface area contributed by atoms with Crippen LogP contribution >= 0.6 is 23.2 Å². The van der Waals surface area contributed by atoms with Gasteiger partial charge in [0.15, 0.2) is 0 Å². The molecular weight excluding hydrogens is 285 g/mol. The summed E-state index contributed by atoms with van der Waals surface area (Å²) in [4.78, 5) is 13.9. The predicted molar refractivity (Wildman–Crippen MR) is 76.5 cm³/mol. The molecule has 5 heteroatoms. The van der Waals surface area contributed by atoms with E-state index in [1.807, 2.05) is 6.92 Å². The van der Waals surface area contributed by atoms with E-state index in [0.717, 1.165) is 12.0 Å². The molecule has 0 spiro atoms. The number of aliphatic hydroxyl groups is 1. The van der Waals surface area contributed by atoms with Crippen LogP contribution in [0.1, 0.15) is 18.9 Å². The second kappa shape index (κ2) is 6.12. The number of hydrogen-bond acceptors (Lipinski definition) is 2. The van der Waals surface area contributed by atoms with Crippen LogP contribution in [0.5, 0.6) is 0 Å².